The third-order valence-corrected chi connectivity index (χ3v) is 3.00. The van der Waals surface area contributed by atoms with Gasteiger partial charge in [0.1, 0.15) is 0 Å². The van der Waals surface area contributed by atoms with Crippen LogP contribution in [-0.2, 0) is 0 Å². The fourth-order valence-corrected chi connectivity index (χ4v) is 1.86. The number of unbranched alkanes of at least 4 members (excludes halogenated alkanes) is 3. The molecular formula is C13H26N6. The molecule has 0 saturated carbocycles. The van der Waals surface area contributed by atoms with E-state index in [0.29, 0.717) is 11.9 Å². The Kier molecular flexibility index (Phi) is 6.92. The zero-order valence-corrected chi connectivity index (χ0v) is 12.3. The van der Waals surface area contributed by atoms with Crippen molar-refractivity contribution in [3.05, 3.63) is 0 Å². The lowest BCUT2D eigenvalue weighted by Crippen LogP contribution is -2.25. The number of nitrogens with two attached hydrogens (primary N) is 1. The molecule has 6 nitrogen and oxygen atoms in total. The molecule has 1 aromatic heterocycles. The molecule has 19 heavy (non-hydrogen) atoms. The van der Waals surface area contributed by atoms with E-state index in [-0.39, 0.29) is 5.95 Å². The highest BCUT2D eigenvalue weighted by molar-refractivity contribution is 5.41. The second-order valence-corrected chi connectivity index (χ2v) is 4.48. The van der Waals surface area contributed by atoms with Gasteiger partial charge in [-0.05, 0) is 20.3 Å². The van der Waals surface area contributed by atoms with Crippen molar-refractivity contribution in [3.63, 3.8) is 0 Å². The van der Waals surface area contributed by atoms with E-state index in [9.17, 15) is 0 Å². The van der Waals surface area contributed by atoms with E-state index in [0.717, 1.165) is 26.1 Å². The summed E-state index contributed by atoms with van der Waals surface area (Å²) in [7, 11) is 0. The summed E-state index contributed by atoms with van der Waals surface area (Å²) < 4.78 is 0. The van der Waals surface area contributed by atoms with Gasteiger partial charge in [0.25, 0.3) is 0 Å². The summed E-state index contributed by atoms with van der Waals surface area (Å²) in [6, 6.07) is 0. The van der Waals surface area contributed by atoms with E-state index in [2.05, 4.69) is 45.9 Å². The van der Waals surface area contributed by atoms with Crippen LogP contribution in [0, 0.1) is 0 Å². The zero-order valence-electron chi connectivity index (χ0n) is 12.3. The van der Waals surface area contributed by atoms with Gasteiger partial charge >= 0.3 is 0 Å². The van der Waals surface area contributed by atoms with Gasteiger partial charge in [0.15, 0.2) is 0 Å². The van der Waals surface area contributed by atoms with Gasteiger partial charge in [-0.3, -0.25) is 0 Å². The van der Waals surface area contributed by atoms with E-state index in [1.807, 2.05) is 0 Å². The zero-order chi connectivity index (χ0) is 14.1. The number of nitrogens with zero attached hydrogens (tertiary/aromatic N) is 4. The van der Waals surface area contributed by atoms with Crippen LogP contribution in [0.3, 0.4) is 0 Å². The molecule has 0 aliphatic carbocycles. The molecule has 0 unspecified atom stereocenters. The Bertz CT molecular complexity index is 364. The summed E-state index contributed by atoms with van der Waals surface area (Å²) in [6.45, 7) is 8.94. The van der Waals surface area contributed by atoms with Gasteiger partial charge in [0.05, 0.1) is 0 Å². The van der Waals surface area contributed by atoms with Gasteiger partial charge in [0.2, 0.25) is 17.8 Å². The van der Waals surface area contributed by atoms with Gasteiger partial charge in [-0.25, -0.2) is 0 Å². The molecule has 0 atom stereocenters. The number of nitrogen functional groups attached to an aromatic ring is 1. The lowest BCUT2D eigenvalue weighted by atomic mass is 10.2. The van der Waals surface area contributed by atoms with Crippen molar-refractivity contribution in [1.29, 1.82) is 0 Å². The molecule has 0 saturated heterocycles. The van der Waals surface area contributed by atoms with Gasteiger partial charge in [0, 0.05) is 19.6 Å². The summed E-state index contributed by atoms with van der Waals surface area (Å²) in [4.78, 5) is 14.8. The van der Waals surface area contributed by atoms with Crippen LogP contribution in [0.15, 0.2) is 0 Å². The average Bonchev–Trinajstić information content (AvgIpc) is 2.39. The maximum absolute atomic E-state index is 5.73. The van der Waals surface area contributed by atoms with Crippen molar-refractivity contribution < 1.29 is 0 Å². The molecule has 1 heterocycles. The maximum atomic E-state index is 5.73. The fraction of sp³-hybridized carbons (Fsp3) is 0.769. The molecule has 0 aromatic carbocycles. The van der Waals surface area contributed by atoms with Crippen molar-refractivity contribution in [3.8, 4) is 0 Å². The highest BCUT2D eigenvalue weighted by Crippen LogP contribution is 2.11. The second-order valence-electron chi connectivity index (χ2n) is 4.48. The fourth-order valence-electron chi connectivity index (χ4n) is 1.86. The minimum atomic E-state index is 0.271. The predicted molar refractivity (Wildman–Crippen MR) is 80.4 cm³/mol. The van der Waals surface area contributed by atoms with Crippen molar-refractivity contribution >= 4 is 17.8 Å². The molecule has 0 radical (unpaired) electrons. The Morgan fingerprint density at radius 2 is 1.74 bits per heavy atom. The molecule has 1 rings (SSSR count). The molecule has 0 fully saturated rings. The van der Waals surface area contributed by atoms with E-state index < -0.39 is 0 Å². The first kappa shape index (κ1) is 15.5. The summed E-state index contributed by atoms with van der Waals surface area (Å²) in [5, 5.41) is 3.22. The van der Waals surface area contributed by atoms with Crippen LogP contribution in [0.2, 0.25) is 0 Å². The van der Waals surface area contributed by atoms with Crippen LogP contribution in [0.5, 0.6) is 0 Å². The number of hydrogen-bond donors (Lipinski definition) is 2. The second kappa shape index (κ2) is 8.50. The number of rotatable bonds is 9. The monoisotopic (exact) mass is 266 g/mol. The summed E-state index contributed by atoms with van der Waals surface area (Å²) in [5.74, 6) is 1.49. The minimum absolute atomic E-state index is 0.271. The first-order chi connectivity index (χ1) is 9.21. The van der Waals surface area contributed by atoms with Crippen LogP contribution >= 0.6 is 0 Å². The molecule has 108 valence electrons. The Hall–Kier alpha value is -1.59. The predicted octanol–water partition coefficient (Wildman–Crippen LogP) is 2.29. The largest absolute Gasteiger partial charge is 0.368 e. The van der Waals surface area contributed by atoms with Crippen LogP contribution in [0.4, 0.5) is 17.8 Å². The summed E-state index contributed by atoms with van der Waals surface area (Å²) in [6.07, 6.45) is 4.86. The van der Waals surface area contributed by atoms with Gasteiger partial charge in [-0.1, -0.05) is 26.2 Å². The van der Waals surface area contributed by atoms with Crippen LogP contribution in [0.1, 0.15) is 46.5 Å². The lowest BCUT2D eigenvalue weighted by Gasteiger charge is -2.19. The summed E-state index contributed by atoms with van der Waals surface area (Å²) in [5.41, 5.74) is 5.73. The van der Waals surface area contributed by atoms with Gasteiger partial charge in [-0.2, -0.15) is 15.0 Å². The van der Waals surface area contributed by atoms with Crippen molar-refractivity contribution in [2.75, 3.05) is 35.6 Å². The van der Waals surface area contributed by atoms with Crippen molar-refractivity contribution in [1.82, 2.24) is 15.0 Å². The number of hydrogen-bond acceptors (Lipinski definition) is 6. The highest BCUT2D eigenvalue weighted by atomic mass is 15.3. The standard InChI is InChI=1S/C13H26N6/c1-4-7-8-9-10-15-12-16-11(14)17-13(18-12)19(5-2)6-3/h4-10H2,1-3H3,(H3,14,15,16,17,18). The van der Waals surface area contributed by atoms with Crippen molar-refractivity contribution in [2.45, 2.75) is 46.5 Å². The van der Waals surface area contributed by atoms with Gasteiger partial charge < -0.3 is 16.0 Å². The average molecular weight is 266 g/mol. The Morgan fingerprint density at radius 1 is 1.00 bits per heavy atom. The van der Waals surface area contributed by atoms with E-state index in [1.54, 1.807) is 0 Å². The third kappa shape index (κ3) is 5.28. The maximum Gasteiger partial charge on any atom is 0.231 e. The molecule has 0 aliphatic heterocycles. The Balaban J connectivity index is 2.58. The molecule has 0 bridgehead atoms. The molecule has 0 aliphatic rings. The van der Waals surface area contributed by atoms with E-state index >= 15 is 0 Å². The Morgan fingerprint density at radius 3 is 2.37 bits per heavy atom. The number of anilines is 3. The highest BCUT2D eigenvalue weighted by Gasteiger charge is 2.09. The third-order valence-electron chi connectivity index (χ3n) is 3.00. The van der Waals surface area contributed by atoms with Crippen LogP contribution in [0.25, 0.3) is 0 Å². The minimum Gasteiger partial charge on any atom is -0.368 e. The normalized spacial score (nSPS) is 10.5. The first-order valence-electron chi connectivity index (χ1n) is 7.21. The number of aromatic nitrogens is 3. The first-order valence-corrected chi connectivity index (χ1v) is 7.21. The van der Waals surface area contributed by atoms with Crippen LogP contribution < -0.4 is 16.0 Å². The topological polar surface area (TPSA) is 80.0 Å². The van der Waals surface area contributed by atoms with Crippen LogP contribution in [-0.4, -0.2) is 34.6 Å². The Labute approximate surface area is 115 Å². The van der Waals surface area contributed by atoms with E-state index in [1.165, 1.54) is 19.3 Å². The SMILES string of the molecule is CCCCCCNc1nc(N)nc(N(CC)CC)n1. The lowest BCUT2D eigenvalue weighted by molar-refractivity contribution is 0.683. The molecular weight excluding hydrogens is 240 g/mol. The smallest absolute Gasteiger partial charge is 0.231 e. The molecule has 3 N–H and O–H groups in total. The van der Waals surface area contributed by atoms with Crippen molar-refractivity contribution in [2.24, 2.45) is 0 Å². The molecule has 0 spiro atoms. The van der Waals surface area contributed by atoms with Gasteiger partial charge in [-0.15, -0.1) is 0 Å². The molecule has 1 aromatic rings. The molecule has 0 amide bonds. The summed E-state index contributed by atoms with van der Waals surface area (Å²) >= 11 is 0. The molecule has 6 heteroatoms. The quantitative estimate of drug-likeness (QED) is 0.668. The number of nitrogens with one attached hydrogen (secondary N) is 1. The van der Waals surface area contributed by atoms with E-state index in [4.69, 9.17) is 5.73 Å².